The van der Waals surface area contributed by atoms with Crippen LogP contribution in [-0.4, -0.2) is 14.4 Å². The highest BCUT2D eigenvalue weighted by Crippen LogP contribution is 2.41. The highest BCUT2D eigenvalue weighted by atomic mass is 14.9. The number of benzene rings is 10. The fraction of sp³-hybridized carbons (Fsp3) is 0. The standard InChI is InChI=1S/C64H41N3/c1-4-16-42(17-5-1)52-37-53(39-54(38-52)49-26-13-23-46(35-49)50-32-33-56-58-30-15-29-57-55-28-10-11-31-61(55)67(63(57)58)62(56)40-50)48-25-12-22-45(34-48)47-24-14-27-51(36-47)60-41-59(43-18-6-2-7-19-43)65-64(66-60)44-20-8-3-9-21-44/h1-41H. The summed E-state index contributed by atoms with van der Waals surface area (Å²) in [7, 11) is 0. The van der Waals surface area contributed by atoms with E-state index in [0.29, 0.717) is 5.82 Å². The molecule has 0 N–H and O–H groups in total. The maximum Gasteiger partial charge on any atom is 0.160 e. The first kappa shape index (κ1) is 38.5. The molecule has 0 unspecified atom stereocenters. The van der Waals surface area contributed by atoms with Gasteiger partial charge in [0.1, 0.15) is 0 Å². The van der Waals surface area contributed by atoms with E-state index in [1.54, 1.807) is 0 Å². The number of aromatic nitrogens is 3. The summed E-state index contributed by atoms with van der Waals surface area (Å²) in [5.74, 6) is 0.707. The first-order chi connectivity index (χ1) is 33.2. The number of nitrogens with zero attached hydrogens (tertiary/aromatic N) is 3. The normalized spacial score (nSPS) is 11.6. The molecule has 0 saturated heterocycles. The Balaban J connectivity index is 0.892. The van der Waals surface area contributed by atoms with Crippen molar-refractivity contribution in [3.63, 3.8) is 0 Å². The molecule has 0 radical (unpaired) electrons. The van der Waals surface area contributed by atoms with E-state index in [1.165, 1.54) is 71.5 Å². The largest absolute Gasteiger partial charge is 0.308 e. The predicted molar refractivity (Wildman–Crippen MR) is 280 cm³/mol. The van der Waals surface area contributed by atoms with E-state index in [1.807, 2.05) is 24.3 Å². The van der Waals surface area contributed by atoms with Crippen LogP contribution < -0.4 is 0 Å². The number of para-hydroxylation sites is 2. The average Bonchev–Trinajstić information content (AvgIpc) is 3.94. The second-order valence-corrected chi connectivity index (χ2v) is 17.4. The number of hydrogen-bond acceptors (Lipinski definition) is 2. The Labute approximate surface area is 388 Å². The van der Waals surface area contributed by atoms with Gasteiger partial charge in [0, 0.05) is 38.2 Å². The molecule has 67 heavy (non-hydrogen) atoms. The second-order valence-electron chi connectivity index (χ2n) is 17.4. The van der Waals surface area contributed by atoms with Crippen LogP contribution in [0.1, 0.15) is 0 Å². The SMILES string of the molecule is c1ccc(-c2cc(-c3cccc(-c4cccc(-c5cc(-c6ccccc6)nc(-c6ccccc6)n5)c4)c3)cc(-c3cccc(-c4ccc5c6cccc7c8ccccc8n(c5c4)c76)c3)c2)cc1. The summed E-state index contributed by atoms with van der Waals surface area (Å²) in [4.78, 5) is 10.2. The molecule has 0 fully saturated rings. The summed E-state index contributed by atoms with van der Waals surface area (Å²) in [6.45, 7) is 0. The smallest absolute Gasteiger partial charge is 0.160 e. The van der Waals surface area contributed by atoms with Crippen molar-refractivity contribution in [3.05, 3.63) is 249 Å². The van der Waals surface area contributed by atoms with Gasteiger partial charge in [-0.05, 0) is 110 Å². The van der Waals surface area contributed by atoms with Crippen molar-refractivity contribution in [2.24, 2.45) is 0 Å². The lowest BCUT2D eigenvalue weighted by Crippen LogP contribution is -1.96. The van der Waals surface area contributed by atoms with Crippen molar-refractivity contribution in [1.29, 1.82) is 0 Å². The van der Waals surface area contributed by atoms with E-state index < -0.39 is 0 Å². The highest BCUT2D eigenvalue weighted by Gasteiger charge is 2.18. The van der Waals surface area contributed by atoms with E-state index in [0.717, 1.165) is 50.3 Å². The first-order valence-electron chi connectivity index (χ1n) is 22.9. The van der Waals surface area contributed by atoms with Crippen LogP contribution in [0.25, 0.3) is 128 Å². The molecule has 0 saturated carbocycles. The van der Waals surface area contributed by atoms with Crippen LogP contribution >= 0.6 is 0 Å². The van der Waals surface area contributed by atoms with Crippen LogP contribution in [0.15, 0.2) is 249 Å². The van der Waals surface area contributed by atoms with Crippen molar-refractivity contribution in [3.8, 4) is 89.5 Å². The van der Waals surface area contributed by atoms with E-state index in [-0.39, 0.29) is 0 Å². The third kappa shape index (κ3) is 6.84. The Morgan fingerprint density at radius 2 is 0.612 bits per heavy atom. The minimum Gasteiger partial charge on any atom is -0.308 e. The van der Waals surface area contributed by atoms with Crippen LogP contribution in [-0.2, 0) is 0 Å². The van der Waals surface area contributed by atoms with Gasteiger partial charge in [-0.25, -0.2) is 9.97 Å². The molecule has 0 amide bonds. The second kappa shape index (κ2) is 16.0. The van der Waals surface area contributed by atoms with Gasteiger partial charge in [0.2, 0.25) is 0 Å². The molecule has 3 aromatic heterocycles. The van der Waals surface area contributed by atoms with E-state index in [4.69, 9.17) is 9.97 Å². The van der Waals surface area contributed by atoms with Crippen molar-refractivity contribution >= 4 is 38.1 Å². The molecule has 13 aromatic rings. The van der Waals surface area contributed by atoms with Gasteiger partial charge in [0.05, 0.1) is 27.9 Å². The van der Waals surface area contributed by atoms with Gasteiger partial charge < -0.3 is 4.40 Å². The van der Waals surface area contributed by atoms with E-state index in [9.17, 15) is 0 Å². The maximum atomic E-state index is 5.13. The highest BCUT2D eigenvalue weighted by molar-refractivity contribution is 6.23. The fourth-order valence-corrected chi connectivity index (χ4v) is 10.1. The number of fused-ring (bicyclic) bond motifs is 6. The van der Waals surface area contributed by atoms with Crippen LogP contribution in [0.5, 0.6) is 0 Å². The Hall–Kier alpha value is -8.92. The fourth-order valence-electron chi connectivity index (χ4n) is 10.1. The number of rotatable bonds is 8. The lowest BCUT2D eigenvalue weighted by atomic mass is 9.91. The van der Waals surface area contributed by atoms with E-state index >= 15 is 0 Å². The minimum atomic E-state index is 0.707. The van der Waals surface area contributed by atoms with Gasteiger partial charge in [0.15, 0.2) is 5.82 Å². The minimum absolute atomic E-state index is 0.707. The summed E-state index contributed by atoms with van der Waals surface area (Å²) in [5, 5.41) is 5.18. The maximum absolute atomic E-state index is 5.13. The Morgan fingerprint density at radius 1 is 0.224 bits per heavy atom. The summed E-state index contributed by atoms with van der Waals surface area (Å²) in [5.41, 5.74) is 20.3. The van der Waals surface area contributed by atoms with Gasteiger partial charge in [-0.2, -0.15) is 0 Å². The molecule has 0 spiro atoms. The Morgan fingerprint density at radius 3 is 1.22 bits per heavy atom. The molecule has 0 aliphatic heterocycles. The Kier molecular flexibility index (Phi) is 9.17. The molecule has 3 nitrogen and oxygen atoms in total. The quantitative estimate of drug-likeness (QED) is 0.152. The molecule has 10 aromatic carbocycles. The predicted octanol–water partition coefficient (Wildman–Crippen LogP) is 17.0. The van der Waals surface area contributed by atoms with Crippen LogP contribution in [0.4, 0.5) is 0 Å². The van der Waals surface area contributed by atoms with Gasteiger partial charge in [0.25, 0.3) is 0 Å². The topological polar surface area (TPSA) is 30.2 Å². The molecule has 0 aliphatic carbocycles. The van der Waals surface area contributed by atoms with Crippen LogP contribution in [0, 0.1) is 0 Å². The zero-order chi connectivity index (χ0) is 44.3. The summed E-state index contributed by atoms with van der Waals surface area (Å²) < 4.78 is 2.46. The van der Waals surface area contributed by atoms with Crippen molar-refractivity contribution in [2.75, 3.05) is 0 Å². The molecule has 0 aliphatic rings. The molecule has 13 rings (SSSR count). The monoisotopic (exact) mass is 851 g/mol. The van der Waals surface area contributed by atoms with Gasteiger partial charge in [-0.1, -0.05) is 194 Å². The molecule has 3 heterocycles. The molecule has 0 atom stereocenters. The van der Waals surface area contributed by atoms with Crippen molar-refractivity contribution in [1.82, 2.24) is 14.4 Å². The zero-order valence-electron chi connectivity index (χ0n) is 36.5. The molecule has 0 bridgehead atoms. The zero-order valence-corrected chi connectivity index (χ0v) is 36.5. The lowest BCUT2D eigenvalue weighted by molar-refractivity contribution is 1.18. The lowest BCUT2D eigenvalue weighted by Gasteiger charge is -2.14. The average molecular weight is 852 g/mol. The van der Waals surface area contributed by atoms with Crippen molar-refractivity contribution in [2.45, 2.75) is 0 Å². The van der Waals surface area contributed by atoms with Crippen LogP contribution in [0.2, 0.25) is 0 Å². The van der Waals surface area contributed by atoms with Gasteiger partial charge in [-0.15, -0.1) is 0 Å². The Bertz CT molecular complexity index is 3910. The van der Waals surface area contributed by atoms with Gasteiger partial charge >= 0.3 is 0 Å². The number of hydrogen-bond donors (Lipinski definition) is 0. The van der Waals surface area contributed by atoms with Crippen molar-refractivity contribution < 1.29 is 0 Å². The summed E-state index contributed by atoms with van der Waals surface area (Å²) in [6.07, 6.45) is 0. The molecular formula is C64H41N3. The molecule has 312 valence electrons. The van der Waals surface area contributed by atoms with E-state index in [2.05, 4.69) is 229 Å². The molecule has 3 heteroatoms. The van der Waals surface area contributed by atoms with Crippen LogP contribution in [0.3, 0.4) is 0 Å². The summed E-state index contributed by atoms with van der Waals surface area (Å²) in [6, 6.07) is 89.5. The molecular weight excluding hydrogens is 811 g/mol. The first-order valence-corrected chi connectivity index (χ1v) is 22.9. The summed E-state index contributed by atoms with van der Waals surface area (Å²) >= 11 is 0. The third-order valence-electron chi connectivity index (χ3n) is 13.3. The van der Waals surface area contributed by atoms with Gasteiger partial charge in [-0.3, -0.25) is 0 Å². The third-order valence-corrected chi connectivity index (χ3v) is 13.3.